The van der Waals surface area contributed by atoms with Crippen molar-refractivity contribution in [3.63, 3.8) is 0 Å². The highest BCUT2D eigenvalue weighted by Gasteiger charge is 2.31. The first-order valence-electron chi connectivity index (χ1n) is 7.59. The van der Waals surface area contributed by atoms with Crippen molar-refractivity contribution in [1.82, 2.24) is 4.31 Å². The highest BCUT2D eigenvalue weighted by Crippen LogP contribution is 2.26. The van der Waals surface area contributed by atoms with E-state index in [4.69, 9.17) is 4.74 Å². The number of hydrogen-bond donors (Lipinski definition) is 0. The third-order valence-corrected chi connectivity index (χ3v) is 5.41. The largest absolute Gasteiger partial charge is 0.491 e. The summed E-state index contributed by atoms with van der Waals surface area (Å²) in [7, 11) is -3.84. The second-order valence-electron chi connectivity index (χ2n) is 5.17. The van der Waals surface area contributed by atoms with Gasteiger partial charge in [-0.3, -0.25) is 4.99 Å². The molecule has 0 aliphatic carbocycles. The van der Waals surface area contributed by atoms with Gasteiger partial charge in [-0.25, -0.2) is 17.1 Å². The predicted octanol–water partition coefficient (Wildman–Crippen LogP) is 2.68. The number of sulfonamides is 1. The monoisotopic (exact) mass is 348 g/mol. The molecular weight excluding hydrogens is 331 g/mol. The zero-order valence-corrected chi connectivity index (χ0v) is 14.0. The first-order chi connectivity index (χ1) is 11.5. The van der Waals surface area contributed by atoms with Gasteiger partial charge in [0.2, 0.25) is 0 Å². The van der Waals surface area contributed by atoms with Crippen LogP contribution in [0.2, 0.25) is 0 Å². The Balaban J connectivity index is 1.99. The summed E-state index contributed by atoms with van der Waals surface area (Å²) in [6.07, 6.45) is 0. The van der Waals surface area contributed by atoms with Gasteiger partial charge in [-0.2, -0.15) is 0 Å². The van der Waals surface area contributed by atoms with Crippen LogP contribution in [0.25, 0.3) is 0 Å². The van der Waals surface area contributed by atoms with Crippen molar-refractivity contribution in [2.45, 2.75) is 11.8 Å². The van der Waals surface area contributed by atoms with Crippen molar-refractivity contribution in [2.24, 2.45) is 4.99 Å². The molecule has 0 N–H and O–H groups in total. The summed E-state index contributed by atoms with van der Waals surface area (Å²) < 4.78 is 46.0. The fraction of sp³-hybridized carbons (Fsp3) is 0.235. The lowest BCUT2D eigenvalue weighted by atomic mass is 10.2. The van der Waals surface area contributed by atoms with Gasteiger partial charge in [0.15, 0.2) is 11.6 Å². The van der Waals surface area contributed by atoms with E-state index >= 15 is 0 Å². The lowest BCUT2D eigenvalue weighted by Gasteiger charge is -2.21. The van der Waals surface area contributed by atoms with E-state index in [1.807, 2.05) is 30.3 Å². The van der Waals surface area contributed by atoms with Crippen LogP contribution in [0.3, 0.4) is 0 Å². The maximum Gasteiger partial charge on any atom is 0.265 e. The van der Waals surface area contributed by atoms with Crippen LogP contribution >= 0.6 is 0 Å². The summed E-state index contributed by atoms with van der Waals surface area (Å²) in [6.45, 7) is 2.61. The van der Waals surface area contributed by atoms with Crippen LogP contribution in [0.15, 0.2) is 58.4 Å². The van der Waals surface area contributed by atoms with E-state index in [9.17, 15) is 12.8 Å². The standard InChI is InChI=1S/C17H17FN2O3S/c1-2-23-16-12-14(8-9-15(16)18)24(21,22)20-11-10-19-17(20)13-6-4-3-5-7-13/h3-9,12H,2,10-11H2,1H3. The molecular formula is C17H17FN2O3S. The van der Waals surface area contributed by atoms with Crippen LogP contribution in [0.4, 0.5) is 4.39 Å². The highest BCUT2D eigenvalue weighted by molar-refractivity contribution is 7.89. The van der Waals surface area contributed by atoms with E-state index < -0.39 is 15.8 Å². The summed E-state index contributed by atoms with van der Waals surface area (Å²) in [5, 5.41) is 0. The molecule has 0 radical (unpaired) electrons. The minimum atomic E-state index is -3.84. The molecule has 3 rings (SSSR count). The minimum absolute atomic E-state index is 0.0159. The molecule has 5 nitrogen and oxygen atoms in total. The van der Waals surface area contributed by atoms with Crippen molar-refractivity contribution in [3.05, 3.63) is 59.9 Å². The fourth-order valence-electron chi connectivity index (χ4n) is 2.53. The molecule has 126 valence electrons. The number of aliphatic imine (C=N–C) groups is 1. The van der Waals surface area contributed by atoms with Crippen molar-refractivity contribution < 1.29 is 17.5 Å². The van der Waals surface area contributed by atoms with Crippen molar-refractivity contribution in [3.8, 4) is 5.75 Å². The van der Waals surface area contributed by atoms with Gasteiger partial charge in [0.25, 0.3) is 10.0 Å². The number of hydrogen-bond acceptors (Lipinski definition) is 4. The molecule has 0 spiro atoms. The van der Waals surface area contributed by atoms with Crippen LogP contribution in [0.1, 0.15) is 12.5 Å². The third kappa shape index (κ3) is 2.99. The van der Waals surface area contributed by atoms with E-state index in [-0.39, 0.29) is 23.8 Å². The van der Waals surface area contributed by atoms with E-state index in [0.717, 1.165) is 11.6 Å². The summed E-state index contributed by atoms with van der Waals surface area (Å²) in [4.78, 5) is 4.30. The second-order valence-corrected chi connectivity index (χ2v) is 7.04. The fourth-order valence-corrected chi connectivity index (χ4v) is 3.99. The van der Waals surface area contributed by atoms with Gasteiger partial charge in [-0.1, -0.05) is 30.3 Å². The molecule has 0 saturated carbocycles. The number of benzene rings is 2. The molecule has 0 amide bonds. The van der Waals surface area contributed by atoms with Gasteiger partial charge < -0.3 is 4.74 Å². The van der Waals surface area contributed by atoms with Gasteiger partial charge >= 0.3 is 0 Å². The number of amidine groups is 1. The lowest BCUT2D eigenvalue weighted by Crippen LogP contribution is -2.34. The van der Waals surface area contributed by atoms with Crippen LogP contribution in [0.5, 0.6) is 5.75 Å². The van der Waals surface area contributed by atoms with Gasteiger partial charge in [-0.05, 0) is 19.1 Å². The van der Waals surface area contributed by atoms with Crippen LogP contribution in [-0.2, 0) is 10.0 Å². The minimum Gasteiger partial charge on any atom is -0.491 e. The Labute approximate surface area is 140 Å². The maximum atomic E-state index is 13.7. The molecule has 0 aromatic heterocycles. The normalized spacial score (nSPS) is 14.6. The Morgan fingerprint density at radius 1 is 1.21 bits per heavy atom. The Morgan fingerprint density at radius 3 is 2.67 bits per heavy atom. The zero-order valence-electron chi connectivity index (χ0n) is 13.1. The Kier molecular flexibility index (Phi) is 4.53. The lowest BCUT2D eigenvalue weighted by molar-refractivity contribution is 0.320. The zero-order chi connectivity index (χ0) is 17.2. The summed E-state index contributed by atoms with van der Waals surface area (Å²) in [5.74, 6) is -0.261. The average molecular weight is 348 g/mol. The molecule has 0 atom stereocenters. The number of ether oxygens (including phenoxy) is 1. The van der Waals surface area contributed by atoms with E-state index in [1.165, 1.54) is 16.4 Å². The molecule has 1 aliphatic heterocycles. The number of halogens is 1. The Morgan fingerprint density at radius 2 is 1.96 bits per heavy atom. The summed E-state index contributed by atoms with van der Waals surface area (Å²) in [6, 6.07) is 12.7. The molecule has 0 unspecified atom stereocenters. The number of nitrogens with zero attached hydrogens (tertiary/aromatic N) is 2. The van der Waals surface area contributed by atoms with Crippen LogP contribution < -0.4 is 4.74 Å². The molecule has 0 saturated heterocycles. The molecule has 7 heteroatoms. The van der Waals surface area contributed by atoms with Gasteiger partial charge in [-0.15, -0.1) is 0 Å². The SMILES string of the molecule is CCOc1cc(S(=O)(=O)N2CCN=C2c2ccccc2)ccc1F. The van der Waals surface area contributed by atoms with Crippen LogP contribution in [-0.4, -0.2) is 38.3 Å². The maximum absolute atomic E-state index is 13.7. The smallest absolute Gasteiger partial charge is 0.265 e. The van der Waals surface area contributed by atoms with E-state index in [1.54, 1.807) is 6.92 Å². The molecule has 1 heterocycles. The van der Waals surface area contributed by atoms with E-state index in [0.29, 0.717) is 12.4 Å². The molecule has 24 heavy (non-hydrogen) atoms. The third-order valence-electron chi connectivity index (χ3n) is 3.62. The molecule has 1 aliphatic rings. The number of rotatable bonds is 5. The quantitative estimate of drug-likeness (QED) is 0.835. The first kappa shape index (κ1) is 16.4. The molecule has 2 aromatic rings. The average Bonchev–Trinajstić information content (AvgIpc) is 3.08. The topological polar surface area (TPSA) is 59.0 Å². The molecule has 0 fully saturated rings. The highest BCUT2D eigenvalue weighted by atomic mass is 32.2. The van der Waals surface area contributed by atoms with Gasteiger partial charge in [0.05, 0.1) is 24.6 Å². The van der Waals surface area contributed by atoms with Crippen molar-refractivity contribution in [2.75, 3.05) is 19.7 Å². The summed E-state index contributed by atoms with van der Waals surface area (Å²) in [5.41, 5.74) is 0.728. The first-order valence-corrected chi connectivity index (χ1v) is 9.03. The van der Waals surface area contributed by atoms with Gasteiger partial charge in [0, 0.05) is 11.6 Å². The molecule has 0 bridgehead atoms. The van der Waals surface area contributed by atoms with Gasteiger partial charge in [0.1, 0.15) is 5.84 Å². The predicted molar refractivity (Wildman–Crippen MR) is 89.3 cm³/mol. The summed E-state index contributed by atoms with van der Waals surface area (Å²) >= 11 is 0. The molecule has 2 aromatic carbocycles. The Hall–Kier alpha value is -2.41. The van der Waals surface area contributed by atoms with Crippen LogP contribution in [0, 0.1) is 5.82 Å². The Bertz CT molecular complexity index is 867. The second kappa shape index (κ2) is 6.60. The van der Waals surface area contributed by atoms with E-state index in [2.05, 4.69) is 4.99 Å². The van der Waals surface area contributed by atoms with Crippen molar-refractivity contribution >= 4 is 15.9 Å². The van der Waals surface area contributed by atoms with Crippen molar-refractivity contribution in [1.29, 1.82) is 0 Å².